The zero-order chi connectivity index (χ0) is 37.7. The number of phenols is 1. The molecule has 51 heavy (non-hydrogen) atoms. The summed E-state index contributed by atoms with van der Waals surface area (Å²) in [5.74, 6) is -7.00. The topological polar surface area (TPSA) is 296 Å². The van der Waals surface area contributed by atoms with Crippen molar-refractivity contribution in [2.75, 3.05) is 12.0 Å². The van der Waals surface area contributed by atoms with E-state index in [1.807, 2.05) is 6.07 Å². The number of nitrogens with one attached hydrogen (secondary N) is 5. The van der Waals surface area contributed by atoms with E-state index in [2.05, 4.69) is 26.3 Å². The number of aromatic hydroxyl groups is 1. The number of para-hydroxylation sites is 1. The van der Waals surface area contributed by atoms with E-state index in [0.29, 0.717) is 16.9 Å². The first-order valence-electron chi connectivity index (χ1n) is 15.7. The molecule has 0 saturated carbocycles. The van der Waals surface area contributed by atoms with Crippen molar-refractivity contribution >= 4 is 64.1 Å². The van der Waals surface area contributed by atoms with E-state index in [-0.39, 0.29) is 25.0 Å². The number of aromatic amines is 1. The summed E-state index contributed by atoms with van der Waals surface area (Å²) in [6.45, 7) is 0. The Bertz CT molecular complexity index is 1730. The molecule has 1 heterocycles. The highest BCUT2D eigenvalue weighted by Gasteiger charge is 2.33. The van der Waals surface area contributed by atoms with Gasteiger partial charge in [-0.2, -0.15) is 11.8 Å². The van der Waals surface area contributed by atoms with Crippen molar-refractivity contribution in [3.05, 3.63) is 65.9 Å². The Kier molecular flexibility index (Phi) is 14.8. The Balaban J connectivity index is 1.95. The second-order valence-electron chi connectivity index (χ2n) is 11.7. The van der Waals surface area contributed by atoms with Crippen molar-refractivity contribution in [2.24, 2.45) is 11.5 Å². The van der Waals surface area contributed by atoms with Gasteiger partial charge in [-0.1, -0.05) is 30.3 Å². The number of aliphatic carboxylic acids is 2. The van der Waals surface area contributed by atoms with Crippen LogP contribution in [0.5, 0.6) is 5.75 Å². The molecule has 2 aromatic carbocycles. The maximum atomic E-state index is 14.0. The van der Waals surface area contributed by atoms with E-state index in [1.165, 1.54) is 36.0 Å². The number of carbonyl (C=O) groups is 7. The largest absolute Gasteiger partial charge is 0.508 e. The number of hydrogen-bond donors (Lipinski definition) is 10. The minimum absolute atomic E-state index is 0.0490. The number of phenolic OH excluding ortho intramolecular Hbond substituents is 1. The molecule has 0 unspecified atom stereocenters. The Morgan fingerprint density at radius 2 is 1.33 bits per heavy atom. The lowest BCUT2D eigenvalue weighted by atomic mass is 10.0. The fourth-order valence-corrected chi connectivity index (χ4v) is 5.56. The highest BCUT2D eigenvalue weighted by molar-refractivity contribution is 7.98. The Morgan fingerprint density at radius 3 is 1.94 bits per heavy atom. The first-order chi connectivity index (χ1) is 24.2. The van der Waals surface area contributed by atoms with Gasteiger partial charge in [-0.25, -0.2) is 4.79 Å². The predicted octanol–water partition coefficient (Wildman–Crippen LogP) is -0.887. The van der Waals surface area contributed by atoms with Crippen LogP contribution in [0.3, 0.4) is 0 Å². The average molecular weight is 728 g/mol. The van der Waals surface area contributed by atoms with E-state index in [4.69, 9.17) is 16.6 Å². The zero-order valence-corrected chi connectivity index (χ0v) is 28.4. The molecule has 3 rings (SSSR count). The molecule has 12 N–H and O–H groups in total. The van der Waals surface area contributed by atoms with Crippen molar-refractivity contribution in [3.8, 4) is 5.75 Å². The maximum Gasteiger partial charge on any atom is 0.326 e. The molecule has 17 nitrogen and oxygen atoms in total. The zero-order valence-electron chi connectivity index (χ0n) is 27.6. The summed E-state index contributed by atoms with van der Waals surface area (Å²) in [5.41, 5.74) is 12.7. The van der Waals surface area contributed by atoms with Crippen molar-refractivity contribution in [3.63, 3.8) is 0 Å². The number of H-pyrrole nitrogens is 1. The Hall–Kier alpha value is -5.62. The third kappa shape index (κ3) is 12.3. The molecule has 5 atom stereocenters. The van der Waals surface area contributed by atoms with Crippen LogP contribution >= 0.6 is 11.8 Å². The van der Waals surface area contributed by atoms with Crippen molar-refractivity contribution in [2.45, 2.75) is 62.3 Å². The summed E-state index contributed by atoms with van der Waals surface area (Å²) in [4.78, 5) is 91.4. The van der Waals surface area contributed by atoms with Crippen LogP contribution in [-0.2, 0) is 46.4 Å². The predicted molar refractivity (Wildman–Crippen MR) is 186 cm³/mol. The molecule has 0 aliphatic heterocycles. The van der Waals surface area contributed by atoms with Gasteiger partial charge in [0.25, 0.3) is 0 Å². The second-order valence-corrected chi connectivity index (χ2v) is 12.7. The number of amides is 5. The number of thioether (sulfide) groups is 1. The quantitative estimate of drug-likeness (QED) is 0.0678. The highest BCUT2D eigenvalue weighted by Crippen LogP contribution is 2.20. The van der Waals surface area contributed by atoms with Crippen molar-refractivity contribution in [1.82, 2.24) is 26.3 Å². The Morgan fingerprint density at radius 1 is 0.765 bits per heavy atom. The lowest BCUT2D eigenvalue weighted by molar-refractivity contribution is -0.143. The molecule has 1 aromatic heterocycles. The summed E-state index contributed by atoms with van der Waals surface area (Å²) in [6, 6.07) is 5.77. The van der Waals surface area contributed by atoms with E-state index < -0.39 is 84.5 Å². The fourth-order valence-electron chi connectivity index (χ4n) is 5.09. The monoisotopic (exact) mass is 727 g/mol. The van der Waals surface area contributed by atoms with E-state index in [9.17, 15) is 43.8 Å². The Labute approximate surface area is 296 Å². The lowest BCUT2D eigenvalue weighted by Gasteiger charge is -2.26. The van der Waals surface area contributed by atoms with Gasteiger partial charge in [-0.15, -0.1) is 0 Å². The smallest absolute Gasteiger partial charge is 0.326 e. The van der Waals surface area contributed by atoms with Gasteiger partial charge in [0.1, 0.15) is 29.9 Å². The molecule has 0 saturated heterocycles. The number of carboxylic acid groups (broad SMARTS) is 2. The fraction of sp³-hybridized carbons (Fsp3) is 0.364. The number of nitrogens with two attached hydrogens (primary N) is 2. The van der Waals surface area contributed by atoms with Gasteiger partial charge in [-0.3, -0.25) is 28.8 Å². The van der Waals surface area contributed by atoms with Crippen LogP contribution in [0.2, 0.25) is 0 Å². The van der Waals surface area contributed by atoms with E-state index >= 15 is 0 Å². The molecule has 0 fully saturated rings. The second kappa shape index (κ2) is 19.0. The number of fused-ring (bicyclic) bond motifs is 1. The molecule has 0 spiro atoms. The number of carbonyl (C=O) groups excluding carboxylic acids is 5. The molecular formula is C33H41N7O10S. The third-order valence-corrected chi connectivity index (χ3v) is 8.38. The van der Waals surface area contributed by atoms with Gasteiger partial charge in [0.05, 0.1) is 18.9 Å². The van der Waals surface area contributed by atoms with Gasteiger partial charge < -0.3 is 53.0 Å². The number of benzene rings is 2. The van der Waals surface area contributed by atoms with Crippen molar-refractivity contribution in [1.29, 1.82) is 0 Å². The number of carboxylic acids is 2. The van der Waals surface area contributed by atoms with Crippen LogP contribution in [0.25, 0.3) is 10.9 Å². The SMILES string of the molecule is CSCC[C@H](NC(=O)[C@H](Cc1c[nH]c2ccccc12)NC(=O)[C@H](Cc1ccc(O)cc1)NC(=O)[C@@H](N)CC(=O)O)C(=O)N[C@@H](CC(N)=O)C(=O)O. The summed E-state index contributed by atoms with van der Waals surface area (Å²) < 4.78 is 0. The summed E-state index contributed by atoms with van der Waals surface area (Å²) >= 11 is 1.35. The van der Waals surface area contributed by atoms with Crippen LogP contribution < -0.4 is 32.7 Å². The van der Waals surface area contributed by atoms with E-state index in [0.717, 1.165) is 10.9 Å². The normalized spacial score (nSPS) is 13.9. The number of hydrogen-bond acceptors (Lipinski definition) is 10. The molecule has 18 heteroatoms. The molecule has 0 aliphatic carbocycles. The lowest BCUT2D eigenvalue weighted by Crippen LogP contribution is -2.59. The minimum atomic E-state index is -1.65. The van der Waals surface area contributed by atoms with Crippen LogP contribution in [0.4, 0.5) is 0 Å². The van der Waals surface area contributed by atoms with Crippen molar-refractivity contribution < 1.29 is 48.9 Å². The molecule has 3 aromatic rings. The van der Waals surface area contributed by atoms with Crippen LogP contribution in [0.15, 0.2) is 54.7 Å². The number of aromatic nitrogens is 1. The van der Waals surface area contributed by atoms with Gasteiger partial charge in [-0.05, 0) is 47.8 Å². The van der Waals surface area contributed by atoms with Gasteiger partial charge in [0.2, 0.25) is 29.5 Å². The highest BCUT2D eigenvalue weighted by atomic mass is 32.2. The maximum absolute atomic E-state index is 14.0. The minimum Gasteiger partial charge on any atom is -0.508 e. The average Bonchev–Trinajstić information content (AvgIpc) is 3.48. The molecular weight excluding hydrogens is 686 g/mol. The third-order valence-electron chi connectivity index (χ3n) is 7.74. The van der Waals surface area contributed by atoms with Crippen LogP contribution in [0, 0.1) is 0 Å². The standard InChI is InChI=1S/C33H41N7O10S/c1-51-11-10-23(30(46)40-26(33(49)50)15-27(35)42)37-32(48)25(13-18-16-36-22-5-3-2-4-20(18)22)39-31(47)24(12-17-6-8-19(41)9-7-17)38-29(45)21(34)14-28(43)44/h2-9,16,21,23-26,36,41H,10-15,34H2,1H3,(H2,35,42)(H,37,48)(H,38,45)(H,39,47)(H,40,46)(H,43,44)(H,49,50)/t21-,23-,24-,25-,26-/m0/s1. The number of primary amides is 1. The molecule has 274 valence electrons. The van der Waals surface area contributed by atoms with Gasteiger partial charge in [0.15, 0.2) is 0 Å². The number of rotatable bonds is 20. The molecule has 0 radical (unpaired) electrons. The first kappa shape index (κ1) is 39.8. The van der Waals surface area contributed by atoms with E-state index in [1.54, 1.807) is 30.7 Å². The first-order valence-corrected chi connectivity index (χ1v) is 17.1. The molecule has 5 amide bonds. The van der Waals surface area contributed by atoms with Gasteiger partial charge in [0, 0.05) is 29.9 Å². The molecule has 0 aliphatic rings. The summed E-state index contributed by atoms with van der Waals surface area (Å²) in [6.07, 6.45) is 1.81. The summed E-state index contributed by atoms with van der Waals surface area (Å²) in [7, 11) is 0. The van der Waals surface area contributed by atoms with Crippen LogP contribution in [0.1, 0.15) is 30.4 Å². The van der Waals surface area contributed by atoms with Gasteiger partial charge >= 0.3 is 11.9 Å². The summed E-state index contributed by atoms with van der Waals surface area (Å²) in [5, 5.41) is 39.0. The molecule has 0 bridgehead atoms. The van der Waals surface area contributed by atoms with Crippen LogP contribution in [-0.4, -0.2) is 104 Å².